The van der Waals surface area contributed by atoms with Crippen molar-refractivity contribution in [3.8, 4) is 0 Å². The average molecular weight is 492 g/mol. The van der Waals surface area contributed by atoms with Crippen molar-refractivity contribution in [2.45, 2.75) is 56.0 Å². The summed E-state index contributed by atoms with van der Waals surface area (Å²) in [5.41, 5.74) is -0.261. The molecule has 0 aliphatic carbocycles. The number of hydrogen-bond donors (Lipinski definition) is 3. The van der Waals surface area contributed by atoms with Gasteiger partial charge in [-0.2, -0.15) is 0 Å². The van der Waals surface area contributed by atoms with Gasteiger partial charge in [-0.3, -0.25) is 14.4 Å². The predicted molar refractivity (Wildman–Crippen MR) is 132 cm³/mol. The Kier molecular flexibility index (Phi) is 6.34. The lowest BCUT2D eigenvalue weighted by molar-refractivity contribution is -0.151. The highest BCUT2D eigenvalue weighted by Crippen LogP contribution is 2.65. The first-order valence-corrected chi connectivity index (χ1v) is 12.6. The minimum absolute atomic E-state index is 0.248. The molecule has 3 saturated heterocycles. The first-order chi connectivity index (χ1) is 17.4. The number of nitrogens with one attached hydrogen (secondary N) is 2. The van der Waals surface area contributed by atoms with Crippen LogP contribution in [0.3, 0.4) is 0 Å². The van der Waals surface area contributed by atoms with Gasteiger partial charge in [-0.05, 0) is 30.4 Å². The largest absolute Gasteiger partial charge is 0.394 e. The van der Waals surface area contributed by atoms with Gasteiger partial charge in [0.05, 0.1) is 30.1 Å². The topological polar surface area (TPSA) is 108 Å². The SMILES string of the molecule is CC[C@@]12CCC3(O1)C(C(=O)NCc1ccccc1)N([C@H](CO)c1ccccc1)C(=O)[C@@H]3[C@@H]2C(=O)NC. The molecule has 3 amide bonds. The van der Waals surface area contributed by atoms with Crippen LogP contribution < -0.4 is 10.6 Å². The molecule has 6 atom stereocenters. The lowest BCUT2D eigenvalue weighted by Crippen LogP contribution is -2.56. The molecule has 3 fully saturated rings. The molecule has 5 rings (SSSR count). The number of aliphatic hydroxyl groups excluding tert-OH is 1. The molecule has 3 heterocycles. The number of nitrogens with zero attached hydrogens (tertiary/aromatic N) is 1. The highest BCUT2D eigenvalue weighted by Gasteiger charge is 2.79. The third-order valence-corrected chi connectivity index (χ3v) is 8.40. The van der Waals surface area contributed by atoms with Gasteiger partial charge in [0.1, 0.15) is 11.6 Å². The predicted octanol–water partition coefficient (Wildman–Crippen LogP) is 1.94. The number of fused-ring (bicyclic) bond motifs is 1. The average Bonchev–Trinajstić information content (AvgIpc) is 3.52. The van der Waals surface area contributed by atoms with E-state index in [9.17, 15) is 19.5 Å². The minimum atomic E-state index is -1.13. The van der Waals surface area contributed by atoms with E-state index in [1.807, 2.05) is 67.6 Å². The molecule has 3 aliphatic heterocycles. The van der Waals surface area contributed by atoms with E-state index in [0.717, 1.165) is 11.1 Å². The second-order valence-electron chi connectivity index (χ2n) is 10.0. The number of carbonyl (C=O) groups is 3. The van der Waals surface area contributed by atoms with E-state index < -0.39 is 35.1 Å². The van der Waals surface area contributed by atoms with Gasteiger partial charge in [-0.15, -0.1) is 0 Å². The summed E-state index contributed by atoms with van der Waals surface area (Å²) in [5.74, 6) is -2.40. The van der Waals surface area contributed by atoms with Gasteiger partial charge >= 0.3 is 0 Å². The quantitative estimate of drug-likeness (QED) is 0.523. The molecule has 36 heavy (non-hydrogen) atoms. The van der Waals surface area contributed by atoms with Crippen LogP contribution in [-0.2, 0) is 25.7 Å². The Labute approximate surface area is 211 Å². The number of likely N-dealkylation sites (tertiary alicyclic amines) is 1. The Morgan fingerprint density at radius 2 is 1.75 bits per heavy atom. The number of aliphatic hydroxyl groups is 1. The Morgan fingerprint density at radius 1 is 1.08 bits per heavy atom. The van der Waals surface area contributed by atoms with Crippen molar-refractivity contribution < 1.29 is 24.2 Å². The summed E-state index contributed by atoms with van der Waals surface area (Å²) in [7, 11) is 1.56. The van der Waals surface area contributed by atoms with Crippen molar-refractivity contribution >= 4 is 17.7 Å². The van der Waals surface area contributed by atoms with Crippen LogP contribution in [0.2, 0.25) is 0 Å². The summed E-state index contributed by atoms with van der Waals surface area (Å²) in [5, 5.41) is 16.2. The molecule has 8 heteroatoms. The normalized spacial score (nSPS) is 31.2. The lowest BCUT2D eigenvalue weighted by Gasteiger charge is -2.37. The van der Waals surface area contributed by atoms with Gasteiger partial charge in [0.2, 0.25) is 17.7 Å². The van der Waals surface area contributed by atoms with Gasteiger partial charge in [-0.25, -0.2) is 0 Å². The lowest BCUT2D eigenvalue weighted by atomic mass is 9.65. The Balaban J connectivity index is 1.58. The van der Waals surface area contributed by atoms with E-state index in [4.69, 9.17) is 4.74 Å². The van der Waals surface area contributed by atoms with E-state index in [-0.39, 0.29) is 24.3 Å². The van der Waals surface area contributed by atoms with Crippen molar-refractivity contribution in [2.75, 3.05) is 13.7 Å². The highest BCUT2D eigenvalue weighted by atomic mass is 16.5. The van der Waals surface area contributed by atoms with Crippen molar-refractivity contribution in [1.82, 2.24) is 15.5 Å². The Bertz CT molecular complexity index is 1140. The van der Waals surface area contributed by atoms with Crippen molar-refractivity contribution in [3.63, 3.8) is 0 Å². The van der Waals surface area contributed by atoms with Crippen molar-refractivity contribution in [2.24, 2.45) is 11.8 Å². The molecular weight excluding hydrogens is 458 g/mol. The van der Waals surface area contributed by atoms with E-state index in [1.165, 1.54) is 4.90 Å². The number of hydrogen-bond acceptors (Lipinski definition) is 5. The fraction of sp³-hybridized carbons (Fsp3) is 0.464. The van der Waals surface area contributed by atoms with E-state index in [1.54, 1.807) is 7.05 Å². The monoisotopic (exact) mass is 491 g/mol. The van der Waals surface area contributed by atoms with E-state index in [0.29, 0.717) is 25.8 Å². The summed E-state index contributed by atoms with van der Waals surface area (Å²) in [6, 6.07) is 17.0. The van der Waals surface area contributed by atoms with Crippen LogP contribution >= 0.6 is 0 Å². The molecule has 1 spiro atoms. The number of amides is 3. The summed E-state index contributed by atoms with van der Waals surface area (Å²) < 4.78 is 6.71. The molecule has 2 aromatic rings. The number of ether oxygens (including phenoxy) is 1. The second kappa shape index (κ2) is 9.33. The minimum Gasteiger partial charge on any atom is -0.394 e. The highest BCUT2D eigenvalue weighted by molar-refractivity contribution is 5.99. The van der Waals surface area contributed by atoms with Crippen LogP contribution in [0.4, 0.5) is 0 Å². The number of rotatable bonds is 8. The summed E-state index contributed by atoms with van der Waals surface area (Å²) >= 11 is 0. The van der Waals surface area contributed by atoms with Crippen LogP contribution in [0, 0.1) is 11.8 Å². The molecule has 2 unspecified atom stereocenters. The molecular formula is C28H33N3O5. The zero-order valence-electron chi connectivity index (χ0n) is 20.6. The van der Waals surface area contributed by atoms with Gasteiger partial charge in [0.15, 0.2) is 0 Å². The third-order valence-electron chi connectivity index (χ3n) is 8.40. The standard InChI is InChI=1S/C28H33N3O5/c1-3-27-14-15-28(36-27)22(21(27)24(33)29-2)26(35)31(20(17-32)19-12-8-5-9-13-19)23(28)25(34)30-16-18-10-6-4-7-11-18/h4-13,20-23,32H,3,14-17H2,1-2H3,(H,29,33)(H,30,34)/t20-,21-,22+,23?,27+,28?/m1/s1. The maximum Gasteiger partial charge on any atom is 0.246 e. The van der Waals surface area contributed by atoms with Gasteiger partial charge in [-0.1, -0.05) is 67.6 Å². The van der Waals surface area contributed by atoms with Gasteiger partial charge < -0.3 is 25.4 Å². The Morgan fingerprint density at radius 3 is 2.36 bits per heavy atom. The van der Waals surface area contributed by atoms with Gasteiger partial charge in [0.25, 0.3) is 0 Å². The maximum atomic E-state index is 14.2. The molecule has 2 aromatic carbocycles. The molecule has 8 nitrogen and oxygen atoms in total. The summed E-state index contributed by atoms with van der Waals surface area (Å²) in [6.45, 7) is 1.90. The fourth-order valence-electron chi connectivity index (χ4n) is 6.76. The molecule has 3 N–H and O–H groups in total. The zero-order chi connectivity index (χ0) is 25.5. The number of carbonyl (C=O) groups excluding carboxylic acids is 3. The molecule has 0 aromatic heterocycles. The summed E-state index contributed by atoms with van der Waals surface area (Å²) in [6.07, 6.45) is 1.66. The first-order valence-electron chi connectivity index (χ1n) is 12.6. The maximum absolute atomic E-state index is 14.2. The molecule has 3 aliphatic rings. The first kappa shape index (κ1) is 24.5. The third kappa shape index (κ3) is 3.54. The molecule has 190 valence electrons. The zero-order valence-corrected chi connectivity index (χ0v) is 20.6. The van der Waals surface area contributed by atoms with Crippen LogP contribution in [0.25, 0.3) is 0 Å². The number of benzene rings is 2. The summed E-state index contributed by atoms with van der Waals surface area (Å²) in [4.78, 5) is 42.8. The smallest absolute Gasteiger partial charge is 0.246 e. The van der Waals surface area contributed by atoms with Crippen molar-refractivity contribution in [3.05, 3.63) is 71.8 Å². The van der Waals surface area contributed by atoms with Crippen LogP contribution in [-0.4, -0.2) is 58.6 Å². The van der Waals surface area contributed by atoms with Crippen LogP contribution in [0.15, 0.2) is 60.7 Å². The Hall–Kier alpha value is -3.23. The van der Waals surface area contributed by atoms with E-state index >= 15 is 0 Å². The molecule has 0 radical (unpaired) electrons. The van der Waals surface area contributed by atoms with Gasteiger partial charge in [0, 0.05) is 13.6 Å². The second-order valence-corrected chi connectivity index (χ2v) is 10.0. The van der Waals surface area contributed by atoms with Crippen LogP contribution in [0.5, 0.6) is 0 Å². The van der Waals surface area contributed by atoms with E-state index in [2.05, 4.69) is 10.6 Å². The molecule has 0 saturated carbocycles. The van der Waals surface area contributed by atoms with Crippen molar-refractivity contribution in [1.29, 1.82) is 0 Å². The van der Waals surface area contributed by atoms with Crippen LogP contribution in [0.1, 0.15) is 43.4 Å². The molecule has 2 bridgehead atoms. The fourth-order valence-corrected chi connectivity index (χ4v) is 6.76.